The van der Waals surface area contributed by atoms with Crippen LogP contribution in [-0.2, 0) is 18.0 Å². The first-order valence-corrected chi connectivity index (χ1v) is 11.7. The molecule has 5 rings (SSSR count). The zero-order valence-corrected chi connectivity index (χ0v) is 19.2. The van der Waals surface area contributed by atoms with Gasteiger partial charge in [-0.1, -0.05) is 12.8 Å². The van der Waals surface area contributed by atoms with Crippen molar-refractivity contribution in [3.63, 3.8) is 0 Å². The maximum Gasteiger partial charge on any atom is 0.220 e. The van der Waals surface area contributed by atoms with E-state index in [1.54, 1.807) is 11.3 Å². The molecule has 0 bridgehead atoms. The number of ether oxygens (including phenoxy) is 1. The van der Waals surface area contributed by atoms with Gasteiger partial charge in [0.05, 0.1) is 31.0 Å². The highest BCUT2D eigenvalue weighted by molar-refractivity contribution is 7.77. The SMILES string of the molecule is Nc1ncc(-c2nc(N3CCOCC3)c3sc(CN4CCN(S)CC4)nc3n2)c(CF)n1. The van der Waals surface area contributed by atoms with Crippen molar-refractivity contribution in [2.75, 3.05) is 63.1 Å². The molecule has 170 valence electrons. The van der Waals surface area contributed by atoms with Crippen LogP contribution in [0.2, 0.25) is 0 Å². The molecule has 10 nitrogen and oxygen atoms in total. The van der Waals surface area contributed by atoms with Crippen LogP contribution < -0.4 is 10.6 Å². The molecule has 2 aliphatic rings. The van der Waals surface area contributed by atoms with E-state index in [2.05, 4.69) is 37.6 Å². The highest BCUT2D eigenvalue weighted by atomic mass is 32.1. The molecule has 13 heteroatoms. The second-order valence-corrected chi connectivity index (χ2v) is 9.33. The molecule has 0 aromatic carbocycles. The molecule has 2 N–H and O–H groups in total. The van der Waals surface area contributed by atoms with Crippen LogP contribution in [0.3, 0.4) is 0 Å². The van der Waals surface area contributed by atoms with Crippen LogP contribution in [0.4, 0.5) is 16.2 Å². The summed E-state index contributed by atoms with van der Waals surface area (Å²) in [5.74, 6) is 1.17. The van der Waals surface area contributed by atoms with E-state index < -0.39 is 6.67 Å². The number of nitrogen functional groups attached to an aromatic ring is 1. The Morgan fingerprint density at radius 3 is 2.59 bits per heavy atom. The topological polar surface area (TPSA) is 109 Å². The van der Waals surface area contributed by atoms with Crippen molar-refractivity contribution in [1.82, 2.24) is 34.1 Å². The smallest absolute Gasteiger partial charge is 0.220 e. The van der Waals surface area contributed by atoms with Gasteiger partial charge in [0.1, 0.15) is 16.4 Å². The van der Waals surface area contributed by atoms with Crippen LogP contribution in [-0.4, -0.2) is 86.6 Å². The van der Waals surface area contributed by atoms with E-state index in [1.165, 1.54) is 6.20 Å². The van der Waals surface area contributed by atoms with Gasteiger partial charge in [-0.05, 0) is 0 Å². The summed E-state index contributed by atoms with van der Waals surface area (Å²) in [6.07, 6.45) is 1.48. The van der Waals surface area contributed by atoms with Gasteiger partial charge in [-0.15, -0.1) is 11.3 Å². The van der Waals surface area contributed by atoms with Crippen molar-refractivity contribution >= 4 is 46.3 Å². The van der Waals surface area contributed by atoms with Gasteiger partial charge >= 0.3 is 0 Å². The van der Waals surface area contributed by atoms with Crippen molar-refractivity contribution in [2.24, 2.45) is 0 Å². The number of thiol groups is 1. The minimum atomic E-state index is -0.782. The number of rotatable bonds is 5. The summed E-state index contributed by atoms with van der Waals surface area (Å²) in [7, 11) is 0. The zero-order valence-electron chi connectivity index (χ0n) is 17.4. The number of halogens is 1. The number of thiazole rings is 1. The highest BCUT2D eigenvalue weighted by Crippen LogP contribution is 2.33. The molecule has 2 aliphatic heterocycles. The van der Waals surface area contributed by atoms with Gasteiger partial charge in [0.15, 0.2) is 17.3 Å². The molecule has 32 heavy (non-hydrogen) atoms. The Morgan fingerprint density at radius 1 is 1.06 bits per heavy atom. The summed E-state index contributed by atoms with van der Waals surface area (Å²) in [6.45, 7) is 6.37. The number of alkyl halides is 1. The molecule has 0 amide bonds. The first kappa shape index (κ1) is 21.6. The van der Waals surface area contributed by atoms with Crippen LogP contribution in [0.5, 0.6) is 0 Å². The standard InChI is InChI=1S/C19H24FN9OS2/c20-9-13-12(10-22-19(21)23-13)16-25-17-15(18(26-16)28-5-7-30-8-6-28)32-14(24-17)11-27-1-3-29(31)4-2-27/h10,31H,1-9,11H2,(H2,21,22,23). The van der Waals surface area contributed by atoms with E-state index in [-0.39, 0.29) is 11.6 Å². The molecule has 0 atom stereocenters. The van der Waals surface area contributed by atoms with E-state index in [0.717, 1.165) is 61.3 Å². The number of hydrogen-bond donors (Lipinski definition) is 2. The van der Waals surface area contributed by atoms with E-state index in [1.807, 2.05) is 4.31 Å². The van der Waals surface area contributed by atoms with Gasteiger partial charge in [-0.25, -0.2) is 29.3 Å². The van der Waals surface area contributed by atoms with Gasteiger partial charge in [0.25, 0.3) is 0 Å². The van der Waals surface area contributed by atoms with Gasteiger partial charge < -0.3 is 15.4 Å². The Kier molecular flexibility index (Phi) is 6.33. The molecule has 0 radical (unpaired) electrons. The molecule has 0 saturated carbocycles. The number of aromatic nitrogens is 5. The van der Waals surface area contributed by atoms with Gasteiger partial charge in [0.2, 0.25) is 5.95 Å². The first-order valence-electron chi connectivity index (χ1n) is 10.4. The summed E-state index contributed by atoms with van der Waals surface area (Å²) >= 11 is 6.03. The number of fused-ring (bicyclic) bond motifs is 1. The Labute approximate surface area is 194 Å². The molecule has 3 aromatic heterocycles. The van der Waals surface area contributed by atoms with Gasteiger partial charge in [-0.2, -0.15) is 0 Å². The summed E-state index contributed by atoms with van der Waals surface area (Å²) < 4.78 is 22.1. The van der Waals surface area contributed by atoms with Crippen LogP contribution >= 0.6 is 24.2 Å². The van der Waals surface area contributed by atoms with E-state index in [0.29, 0.717) is 30.2 Å². The summed E-state index contributed by atoms with van der Waals surface area (Å²) in [5, 5.41) is 0.979. The van der Waals surface area contributed by atoms with E-state index >= 15 is 0 Å². The third kappa shape index (κ3) is 4.48. The minimum absolute atomic E-state index is 0.0214. The van der Waals surface area contributed by atoms with Crippen molar-refractivity contribution in [3.8, 4) is 11.4 Å². The lowest BCUT2D eigenvalue weighted by Gasteiger charge is -2.30. The molecule has 0 unspecified atom stereocenters. The third-order valence-electron chi connectivity index (χ3n) is 5.55. The molecular formula is C19H24FN9OS2. The molecular weight excluding hydrogens is 453 g/mol. The van der Waals surface area contributed by atoms with Gasteiger partial charge in [-0.3, -0.25) is 9.21 Å². The number of anilines is 2. The summed E-state index contributed by atoms with van der Waals surface area (Å²) in [5.41, 5.74) is 6.85. The minimum Gasteiger partial charge on any atom is -0.378 e. The zero-order chi connectivity index (χ0) is 22.1. The Morgan fingerprint density at radius 2 is 1.84 bits per heavy atom. The fraction of sp³-hybridized carbons (Fsp3) is 0.526. The third-order valence-corrected chi connectivity index (χ3v) is 6.98. The molecule has 2 saturated heterocycles. The van der Waals surface area contributed by atoms with Crippen molar-refractivity contribution in [3.05, 3.63) is 16.9 Å². The van der Waals surface area contributed by atoms with E-state index in [4.69, 9.17) is 20.4 Å². The number of nitrogens with zero attached hydrogens (tertiary/aromatic N) is 8. The molecule has 5 heterocycles. The fourth-order valence-electron chi connectivity index (χ4n) is 3.84. The van der Waals surface area contributed by atoms with Crippen LogP contribution in [0.1, 0.15) is 10.7 Å². The Bertz CT molecular complexity index is 1100. The molecule has 0 spiro atoms. The lowest BCUT2D eigenvalue weighted by molar-refractivity contribution is 0.122. The fourth-order valence-corrected chi connectivity index (χ4v) is 5.08. The van der Waals surface area contributed by atoms with E-state index in [9.17, 15) is 4.39 Å². The number of hydrogen-bond acceptors (Lipinski definition) is 12. The van der Waals surface area contributed by atoms with Gasteiger partial charge in [0, 0.05) is 45.5 Å². The van der Waals surface area contributed by atoms with Crippen molar-refractivity contribution in [1.29, 1.82) is 0 Å². The number of morpholine rings is 1. The second-order valence-electron chi connectivity index (χ2n) is 7.68. The number of piperazine rings is 1. The monoisotopic (exact) mass is 477 g/mol. The average molecular weight is 478 g/mol. The van der Waals surface area contributed by atoms with Crippen molar-refractivity contribution < 1.29 is 9.13 Å². The van der Waals surface area contributed by atoms with Crippen LogP contribution in [0.25, 0.3) is 21.7 Å². The molecule has 0 aliphatic carbocycles. The van der Waals surface area contributed by atoms with Crippen molar-refractivity contribution in [2.45, 2.75) is 13.2 Å². The maximum atomic E-state index is 13.7. The normalized spacial score (nSPS) is 18.5. The Balaban J connectivity index is 1.55. The van der Waals surface area contributed by atoms with Crippen LogP contribution in [0.15, 0.2) is 6.20 Å². The summed E-state index contributed by atoms with van der Waals surface area (Å²) in [4.78, 5) is 26.9. The van der Waals surface area contributed by atoms with Crippen LogP contribution in [0, 0.1) is 0 Å². The quantitative estimate of drug-likeness (QED) is 0.523. The summed E-state index contributed by atoms with van der Waals surface area (Å²) in [6, 6.07) is 0. The molecule has 3 aromatic rings. The predicted molar refractivity (Wildman–Crippen MR) is 124 cm³/mol. The number of nitrogens with two attached hydrogens (primary N) is 1. The largest absolute Gasteiger partial charge is 0.378 e. The second kappa shape index (κ2) is 9.35. The lowest BCUT2D eigenvalue weighted by Crippen LogP contribution is -2.41. The first-order chi connectivity index (χ1) is 15.6. The average Bonchev–Trinajstić information content (AvgIpc) is 3.22. The highest BCUT2D eigenvalue weighted by Gasteiger charge is 2.23. The Hall–Kier alpha value is -2.19. The predicted octanol–water partition coefficient (Wildman–Crippen LogP) is 1.39. The lowest BCUT2D eigenvalue weighted by atomic mass is 10.2. The maximum absolute atomic E-state index is 13.7. The molecule has 2 fully saturated rings.